The summed E-state index contributed by atoms with van der Waals surface area (Å²) in [6, 6.07) is 16.3. The number of carbonyl (C=O) groups is 1. The topological polar surface area (TPSA) is 46.5 Å². The lowest BCUT2D eigenvalue weighted by atomic mass is 9.84. The Morgan fingerprint density at radius 2 is 1.77 bits per heavy atom. The van der Waals surface area contributed by atoms with Crippen LogP contribution in [0.1, 0.15) is 18.1 Å². The van der Waals surface area contributed by atoms with Gasteiger partial charge in [-0.2, -0.15) is 0 Å². The minimum Gasteiger partial charge on any atom is -0.458 e. The number of aliphatic hydroxyl groups is 1. The number of benzene rings is 2. The predicted octanol–water partition coefficient (Wildman–Crippen LogP) is 3.56. The van der Waals surface area contributed by atoms with Gasteiger partial charge in [0.25, 0.3) is 0 Å². The third kappa shape index (κ3) is 2.43. The number of hydrogen-bond acceptors (Lipinski definition) is 3. The fraction of sp³-hybridized carbons (Fsp3) is 0.167. The second kappa shape index (κ2) is 5.59. The van der Waals surface area contributed by atoms with E-state index >= 15 is 0 Å². The molecule has 112 valence electrons. The molecule has 1 aliphatic rings. The molecule has 0 radical (unpaired) electrons. The van der Waals surface area contributed by atoms with Crippen LogP contribution in [0.15, 0.2) is 60.2 Å². The quantitative estimate of drug-likeness (QED) is 0.681. The van der Waals surface area contributed by atoms with E-state index in [1.54, 1.807) is 24.3 Å². The molecule has 0 saturated carbocycles. The Morgan fingerprint density at radius 3 is 2.41 bits per heavy atom. The van der Waals surface area contributed by atoms with Crippen molar-refractivity contribution in [1.82, 2.24) is 0 Å². The molecule has 1 aliphatic heterocycles. The molecule has 0 amide bonds. The second-order valence-corrected chi connectivity index (χ2v) is 5.75. The van der Waals surface area contributed by atoms with Gasteiger partial charge in [0.15, 0.2) is 5.60 Å². The van der Waals surface area contributed by atoms with E-state index in [9.17, 15) is 9.90 Å². The lowest BCUT2D eigenvalue weighted by Crippen LogP contribution is -2.29. The SMILES string of the molecule is C/C(=C1\C(=O)OCC1(O)c1ccc(Cl)cc1)c1ccccc1. The number of esters is 1. The largest absolute Gasteiger partial charge is 0.458 e. The molecule has 2 aromatic carbocycles. The number of halogens is 1. The van der Waals surface area contributed by atoms with Crippen molar-refractivity contribution in [2.24, 2.45) is 0 Å². The van der Waals surface area contributed by atoms with E-state index in [4.69, 9.17) is 16.3 Å². The molecule has 3 rings (SSSR count). The van der Waals surface area contributed by atoms with E-state index in [1.807, 2.05) is 37.3 Å². The number of cyclic esters (lactones) is 1. The maximum atomic E-state index is 12.2. The monoisotopic (exact) mass is 314 g/mol. The normalized spacial score (nSPS) is 23.3. The van der Waals surface area contributed by atoms with Crippen LogP contribution in [-0.4, -0.2) is 17.7 Å². The van der Waals surface area contributed by atoms with Gasteiger partial charge in [-0.1, -0.05) is 54.1 Å². The van der Waals surface area contributed by atoms with Crippen LogP contribution in [0.5, 0.6) is 0 Å². The Balaban J connectivity index is 2.15. The van der Waals surface area contributed by atoms with Gasteiger partial charge in [-0.15, -0.1) is 0 Å². The zero-order valence-electron chi connectivity index (χ0n) is 12.0. The van der Waals surface area contributed by atoms with Crippen LogP contribution in [0.4, 0.5) is 0 Å². The Morgan fingerprint density at radius 1 is 1.14 bits per heavy atom. The fourth-order valence-corrected chi connectivity index (χ4v) is 2.86. The van der Waals surface area contributed by atoms with Crippen LogP contribution in [0.25, 0.3) is 5.57 Å². The minimum atomic E-state index is -1.46. The van der Waals surface area contributed by atoms with Crippen molar-refractivity contribution in [2.45, 2.75) is 12.5 Å². The highest BCUT2D eigenvalue weighted by Crippen LogP contribution is 2.40. The highest BCUT2D eigenvalue weighted by atomic mass is 35.5. The smallest absolute Gasteiger partial charge is 0.337 e. The van der Waals surface area contributed by atoms with Gasteiger partial charge < -0.3 is 9.84 Å². The van der Waals surface area contributed by atoms with Crippen molar-refractivity contribution < 1.29 is 14.6 Å². The van der Waals surface area contributed by atoms with Crippen molar-refractivity contribution in [3.8, 4) is 0 Å². The highest BCUT2D eigenvalue weighted by molar-refractivity contribution is 6.30. The lowest BCUT2D eigenvalue weighted by molar-refractivity contribution is -0.135. The molecule has 0 spiro atoms. The molecule has 0 bridgehead atoms. The summed E-state index contributed by atoms with van der Waals surface area (Å²) in [5, 5.41) is 11.6. The first-order valence-electron chi connectivity index (χ1n) is 6.95. The molecule has 22 heavy (non-hydrogen) atoms. The summed E-state index contributed by atoms with van der Waals surface area (Å²) < 4.78 is 5.13. The molecule has 1 atom stereocenters. The minimum absolute atomic E-state index is 0.0903. The molecule has 4 heteroatoms. The van der Waals surface area contributed by atoms with Gasteiger partial charge in [0.2, 0.25) is 0 Å². The molecule has 1 saturated heterocycles. The lowest BCUT2D eigenvalue weighted by Gasteiger charge is -2.23. The summed E-state index contributed by atoms with van der Waals surface area (Å²) in [4.78, 5) is 12.2. The molecule has 1 unspecified atom stereocenters. The second-order valence-electron chi connectivity index (χ2n) is 5.31. The van der Waals surface area contributed by atoms with Gasteiger partial charge in [0.1, 0.15) is 6.61 Å². The summed E-state index contributed by atoms with van der Waals surface area (Å²) in [6.45, 7) is 1.73. The van der Waals surface area contributed by atoms with E-state index in [2.05, 4.69) is 0 Å². The van der Waals surface area contributed by atoms with Gasteiger partial charge in [0.05, 0.1) is 5.57 Å². The van der Waals surface area contributed by atoms with Gasteiger partial charge in [-0.25, -0.2) is 4.79 Å². The number of ether oxygens (including phenoxy) is 1. The van der Waals surface area contributed by atoms with Crippen LogP contribution >= 0.6 is 11.6 Å². The summed E-state index contributed by atoms with van der Waals surface area (Å²) in [7, 11) is 0. The Labute approximate surface area is 133 Å². The average Bonchev–Trinajstić information content (AvgIpc) is 2.84. The third-order valence-corrected chi connectivity index (χ3v) is 4.19. The number of rotatable bonds is 2. The standard InChI is InChI=1S/C18H15ClO3/c1-12(13-5-3-2-4-6-13)16-17(20)22-11-18(16,21)14-7-9-15(19)10-8-14/h2-10,21H,11H2,1H3/b16-12-. The maximum Gasteiger partial charge on any atom is 0.337 e. The molecule has 1 heterocycles. The van der Waals surface area contributed by atoms with Crippen LogP contribution in [-0.2, 0) is 15.1 Å². The molecule has 3 nitrogen and oxygen atoms in total. The van der Waals surface area contributed by atoms with Gasteiger partial charge in [-0.05, 0) is 35.8 Å². The third-order valence-electron chi connectivity index (χ3n) is 3.93. The first-order chi connectivity index (χ1) is 10.5. The van der Waals surface area contributed by atoms with Crippen molar-refractivity contribution in [3.63, 3.8) is 0 Å². The molecule has 2 aromatic rings. The van der Waals surface area contributed by atoms with E-state index in [1.165, 1.54) is 0 Å². The summed E-state index contributed by atoms with van der Waals surface area (Å²) in [5.41, 5.74) is 1.00. The number of hydrogen-bond donors (Lipinski definition) is 1. The first kappa shape index (κ1) is 14.8. The van der Waals surface area contributed by atoms with Crippen LogP contribution in [0, 0.1) is 0 Å². The zero-order chi connectivity index (χ0) is 15.7. The molecule has 0 aliphatic carbocycles. The number of carbonyl (C=O) groups excluding carboxylic acids is 1. The van der Waals surface area contributed by atoms with Crippen molar-refractivity contribution in [1.29, 1.82) is 0 Å². The van der Waals surface area contributed by atoms with Crippen molar-refractivity contribution in [3.05, 3.63) is 76.3 Å². The van der Waals surface area contributed by atoms with Crippen molar-refractivity contribution in [2.75, 3.05) is 6.61 Å². The maximum absolute atomic E-state index is 12.2. The Hall–Kier alpha value is -2.10. The fourth-order valence-electron chi connectivity index (χ4n) is 2.73. The summed E-state index contributed by atoms with van der Waals surface area (Å²) >= 11 is 5.90. The van der Waals surface area contributed by atoms with Crippen LogP contribution < -0.4 is 0 Å². The molecular weight excluding hydrogens is 300 g/mol. The summed E-state index contributed by atoms with van der Waals surface area (Å²) in [5.74, 6) is -0.487. The van der Waals surface area contributed by atoms with Gasteiger partial charge in [0, 0.05) is 5.02 Å². The van der Waals surface area contributed by atoms with E-state index in [0.29, 0.717) is 16.2 Å². The predicted molar refractivity (Wildman–Crippen MR) is 85.3 cm³/mol. The van der Waals surface area contributed by atoms with Gasteiger partial charge >= 0.3 is 5.97 Å². The summed E-state index contributed by atoms with van der Waals surface area (Å²) in [6.07, 6.45) is 0. The zero-order valence-corrected chi connectivity index (χ0v) is 12.8. The Bertz CT molecular complexity index is 735. The van der Waals surface area contributed by atoms with Crippen LogP contribution in [0.3, 0.4) is 0 Å². The van der Waals surface area contributed by atoms with E-state index in [-0.39, 0.29) is 12.2 Å². The van der Waals surface area contributed by atoms with E-state index in [0.717, 1.165) is 5.56 Å². The molecular formula is C18H15ClO3. The van der Waals surface area contributed by atoms with E-state index < -0.39 is 11.6 Å². The molecule has 1 fully saturated rings. The van der Waals surface area contributed by atoms with Crippen molar-refractivity contribution >= 4 is 23.1 Å². The first-order valence-corrected chi connectivity index (χ1v) is 7.32. The molecule has 0 aromatic heterocycles. The average molecular weight is 315 g/mol. The van der Waals surface area contributed by atoms with Gasteiger partial charge in [-0.3, -0.25) is 0 Å². The number of allylic oxidation sites excluding steroid dienone is 1. The molecule has 1 N–H and O–H groups in total. The van der Waals surface area contributed by atoms with Crippen LogP contribution in [0.2, 0.25) is 5.02 Å². The Kier molecular flexibility index (Phi) is 3.77. The highest BCUT2D eigenvalue weighted by Gasteiger charge is 2.47.